The maximum absolute atomic E-state index is 12.9. The topological polar surface area (TPSA) is 23.8 Å². The van der Waals surface area contributed by atoms with E-state index in [0.29, 0.717) is 0 Å². The van der Waals surface area contributed by atoms with E-state index >= 15 is 0 Å². The van der Waals surface area contributed by atoms with Crippen LogP contribution in [-0.2, 0) is 6.42 Å². The molecule has 0 bridgehead atoms. The second-order valence-electron chi connectivity index (χ2n) is 8.73. The van der Waals surface area contributed by atoms with Gasteiger partial charge < -0.3 is 0 Å². The van der Waals surface area contributed by atoms with Crippen molar-refractivity contribution in [3.05, 3.63) is 47.3 Å². The molecule has 2 heteroatoms. The molecule has 27 heavy (non-hydrogen) atoms. The van der Waals surface area contributed by atoms with Crippen LogP contribution in [0.4, 0.5) is 4.39 Å². The third-order valence-electron chi connectivity index (χ3n) is 7.19. The fraction of sp³-hybridized carbons (Fsp3) is 0.640. The van der Waals surface area contributed by atoms with Crippen molar-refractivity contribution >= 4 is 0 Å². The summed E-state index contributed by atoms with van der Waals surface area (Å²) in [6.07, 6.45) is 15.2. The van der Waals surface area contributed by atoms with Crippen LogP contribution in [-0.4, -0.2) is 0 Å². The number of benzene rings is 1. The molecule has 0 amide bonds. The molecule has 2 aliphatic rings. The van der Waals surface area contributed by atoms with E-state index < -0.39 is 5.83 Å². The predicted octanol–water partition coefficient (Wildman–Crippen LogP) is 7.49. The van der Waals surface area contributed by atoms with Gasteiger partial charge in [0.25, 0.3) is 0 Å². The highest BCUT2D eigenvalue weighted by atomic mass is 19.1. The van der Waals surface area contributed by atoms with E-state index in [2.05, 4.69) is 31.2 Å². The SMILES string of the molecule is CCc1ccc(C2CCC(C3CCC(CCC=C(F)C#N)CC3)CC2)cc1. The van der Waals surface area contributed by atoms with Crippen LogP contribution in [0, 0.1) is 29.1 Å². The Morgan fingerprint density at radius 3 is 2.15 bits per heavy atom. The Morgan fingerprint density at radius 1 is 1.00 bits per heavy atom. The van der Waals surface area contributed by atoms with Crippen LogP contribution < -0.4 is 0 Å². The molecule has 3 rings (SSSR count). The fourth-order valence-electron chi connectivity index (χ4n) is 5.39. The monoisotopic (exact) mass is 367 g/mol. The van der Waals surface area contributed by atoms with Crippen molar-refractivity contribution in [1.29, 1.82) is 5.26 Å². The van der Waals surface area contributed by atoms with E-state index in [0.717, 1.165) is 42.9 Å². The van der Waals surface area contributed by atoms with E-state index in [4.69, 9.17) is 5.26 Å². The largest absolute Gasteiger partial charge is 0.196 e. The van der Waals surface area contributed by atoms with Crippen LogP contribution in [0.5, 0.6) is 0 Å². The summed E-state index contributed by atoms with van der Waals surface area (Å²) in [6, 6.07) is 10.9. The molecule has 0 aliphatic heterocycles. The second kappa shape index (κ2) is 10.1. The molecule has 0 N–H and O–H groups in total. The average molecular weight is 368 g/mol. The van der Waals surface area contributed by atoms with Gasteiger partial charge in [-0.05, 0) is 98.7 Å². The number of nitrogens with zero attached hydrogens (tertiary/aromatic N) is 1. The van der Waals surface area contributed by atoms with Crippen LogP contribution >= 0.6 is 0 Å². The molecule has 0 unspecified atom stereocenters. The molecular weight excluding hydrogens is 333 g/mol. The van der Waals surface area contributed by atoms with Crippen LogP contribution in [0.15, 0.2) is 36.2 Å². The summed E-state index contributed by atoms with van der Waals surface area (Å²) >= 11 is 0. The van der Waals surface area contributed by atoms with Gasteiger partial charge in [0, 0.05) is 0 Å². The number of rotatable bonds is 6. The van der Waals surface area contributed by atoms with E-state index in [1.807, 2.05) is 0 Å². The minimum Gasteiger partial charge on any atom is -0.195 e. The Balaban J connectivity index is 1.40. The lowest BCUT2D eigenvalue weighted by molar-refractivity contribution is 0.157. The summed E-state index contributed by atoms with van der Waals surface area (Å²) in [7, 11) is 0. The van der Waals surface area contributed by atoms with E-state index in [9.17, 15) is 4.39 Å². The summed E-state index contributed by atoms with van der Waals surface area (Å²) in [5, 5.41) is 8.47. The van der Waals surface area contributed by atoms with Gasteiger partial charge in [-0.25, -0.2) is 0 Å². The molecule has 0 atom stereocenters. The minimum atomic E-state index is -0.621. The number of aryl methyl sites for hydroxylation is 1. The standard InChI is InChI=1S/C25H34FN/c1-2-19-6-10-21(11-7-19)23-14-16-24(17-15-23)22-12-8-20(9-13-22)4-3-5-25(26)18-27/h5-7,10-11,20,22-24H,2-4,8-9,12-17H2,1H3. The average Bonchev–Trinajstić information content (AvgIpc) is 2.74. The number of allylic oxidation sites excluding steroid dienone is 2. The minimum absolute atomic E-state index is 0.621. The van der Waals surface area contributed by atoms with Gasteiger partial charge in [0.05, 0.1) is 0 Å². The zero-order chi connectivity index (χ0) is 19.1. The Kier molecular flexibility index (Phi) is 7.50. The summed E-state index contributed by atoms with van der Waals surface area (Å²) < 4.78 is 12.9. The molecule has 1 nitrogen and oxygen atoms in total. The lowest BCUT2D eigenvalue weighted by Crippen LogP contribution is -2.25. The lowest BCUT2D eigenvalue weighted by Gasteiger charge is -2.38. The highest BCUT2D eigenvalue weighted by Gasteiger charge is 2.31. The molecule has 0 spiro atoms. The van der Waals surface area contributed by atoms with Crippen molar-refractivity contribution in [2.45, 2.75) is 83.5 Å². The van der Waals surface area contributed by atoms with Gasteiger partial charge in [-0.3, -0.25) is 0 Å². The van der Waals surface area contributed by atoms with Crippen LogP contribution in [0.25, 0.3) is 0 Å². The molecule has 1 aromatic rings. The van der Waals surface area contributed by atoms with E-state index in [-0.39, 0.29) is 0 Å². The molecule has 0 radical (unpaired) electrons. The molecule has 146 valence electrons. The third kappa shape index (κ3) is 5.68. The first-order chi connectivity index (χ1) is 13.2. The van der Waals surface area contributed by atoms with Gasteiger partial charge in [-0.2, -0.15) is 9.65 Å². The summed E-state index contributed by atoms with van der Waals surface area (Å²) in [4.78, 5) is 0. The Hall–Kier alpha value is -1.62. The first-order valence-corrected chi connectivity index (χ1v) is 11.0. The van der Waals surface area contributed by atoms with Crippen LogP contribution in [0.1, 0.15) is 88.2 Å². The van der Waals surface area contributed by atoms with E-state index in [1.165, 1.54) is 63.0 Å². The Labute approximate surface area is 164 Å². The molecule has 2 saturated carbocycles. The van der Waals surface area contributed by atoms with Crippen molar-refractivity contribution in [2.75, 3.05) is 0 Å². The number of hydrogen-bond acceptors (Lipinski definition) is 1. The number of halogens is 1. The van der Waals surface area contributed by atoms with Gasteiger partial charge in [-0.15, -0.1) is 0 Å². The highest BCUT2D eigenvalue weighted by molar-refractivity contribution is 5.25. The summed E-state index contributed by atoms with van der Waals surface area (Å²) in [6.45, 7) is 2.22. The Bertz CT molecular complexity index is 638. The van der Waals surface area contributed by atoms with Gasteiger partial charge >= 0.3 is 0 Å². The van der Waals surface area contributed by atoms with Gasteiger partial charge in [0.15, 0.2) is 5.83 Å². The first kappa shape index (κ1) is 20.1. The lowest BCUT2D eigenvalue weighted by atomic mass is 9.68. The van der Waals surface area contributed by atoms with Gasteiger partial charge in [-0.1, -0.05) is 44.0 Å². The third-order valence-corrected chi connectivity index (χ3v) is 7.19. The molecule has 0 saturated heterocycles. The van der Waals surface area contributed by atoms with Crippen molar-refractivity contribution in [3.63, 3.8) is 0 Å². The quantitative estimate of drug-likeness (QED) is 0.478. The van der Waals surface area contributed by atoms with Crippen LogP contribution in [0.3, 0.4) is 0 Å². The Morgan fingerprint density at radius 2 is 1.59 bits per heavy atom. The van der Waals surface area contributed by atoms with E-state index in [1.54, 1.807) is 11.6 Å². The first-order valence-electron chi connectivity index (χ1n) is 11.0. The molecule has 2 fully saturated rings. The molecule has 1 aromatic carbocycles. The van der Waals surface area contributed by atoms with Crippen LogP contribution in [0.2, 0.25) is 0 Å². The smallest absolute Gasteiger partial charge is 0.195 e. The van der Waals surface area contributed by atoms with Gasteiger partial charge in [0.2, 0.25) is 0 Å². The molecule has 0 aromatic heterocycles. The van der Waals surface area contributed by atoms with Gasteiger partial charge in [0.1, 0.15) is 6.07 Å². The van der Waals surface area contributed by atoms with Crippen molar-refractivity contribution in [1.82, 2.24) is 0 Å². The maximum atomic E-state index is 12.9. The van der Waals surface area contributed by atoms with Crippen molar-refractivity contribution in [2.24, 2.45) is 17.8 Å². The zero-order valence-electron chi connectivity index (χ0n) is 16.8. The fourth-order valence-corrected chi connectivity index (χ4v) is 5.39. The highest BCUT2D eigenvalue weighted by Crippen LogP contribution is 2.44. The predicted molar refractivity (Wildman–Crippen MR) is 110 cm³/mol. The number of hydrogen-bond donors (Lipinski definition) is 0. The maximum Gasteiger partial charge on any atom is 0.196 e. The van der Waals surface area contributed by atoms with Crippen molar-refractivity contribution in [3.8, 4) is 6.07 Å². The molecular formula is C25H34FN. The normalized spacial score (nSPS) is 29.3. The summed E-state index contributed by atoms with van der Waals surface area (Å²) in [5.41, 5.74) is 2.99. The number of nitriles is 1. The summed E-state index contributed by atoms with van der Waals surface area (Å²) in [5.74, 6) is 2.72. The second-order valence-corrected chi connectivity index (χ2v) is 8.73. The molecule has 2 aliphatic carbocycles. The van der Waals surface area contributed by atoms with Crippen molar-refractivity contribution < 1.29 is 4.39 Å². The zero-order valence-corrected chi connectivity index (χ0v) is 16.8. The molecule has 0 heterocycles.